The van der Waals surface area contributed by atoms with Crippen molar-refractivity contribution in [3.63, 3.8) is 0 Å². The minimum atomic E-state index is -5.27. The van der Waals surface area contributed by atoms with Crippen molar-refractivity contribution in [3.05, 3.63) is 66.2 Å². The van der Waals surface area contributed by atoms with E-state index in [4.69, 9.17) is 0 Å². The van der Waals surface area contributed by atoms with Gasteiger partial charge in [0.1, 0.15) is 6.04 Å². The van der Waals surface area contributed by atoms with Crippen LogP contribution in [-0.4, -0.2) is 17.8 Å². The maximum absolute atomic E-state index is 14.6. The van der Waals surface area contributed by atoms with Crippen molar-refractivity contribution in [2.45, 2.75) is 17.9 Å². The summed E-state index contributed by atoms with van der Waals surface area (Å²) in [5.74, 6) is -1.58. The Labute approximate surface area is 124 Å². The van der Waals surface area contributed by atoms with Gasteiger partial charge in [0.25, 0.3) is 5.91 Å². The summed E-state index contributed by atoms with van der Waals surface area (Å²) < 4.78 is 54.0. The van der Waals surface area contributed by atoms with Crippen LogP contribution in [0.3, 0.4) is 0 Å². The first-order chi connectivity index (χ1) is 10.4. The van der Waals surface area contributed by atoms with E-state index in [1.165, 1.54) is 36.4 Å². The third kappa shape index (κ3) is 1.90. The molecule has 0 aromatic heterocycles. The molecule has 2 aromatic carbocycles. The van der Waals surface area contributed by atoms with Gasteiger partial charge >= 0.3 is 11.8 Å². The summed E-state index contributed by atoms with van der Waals surface area (Å²) in [7, 11) is 0. The molecule has 0 bridgehead atoms. The lowest BCUT2D eigenvalue weighted by molar-refractivity contribution is -0.246. The van der Waals surface area contributed by atoms with Crippen LogP contribution in [0.15, 0.2) is 60.7 Å². The molecule has 1 aliphatic heterocycles. The molecule has 0 spiro atoms. The topological polar surface area (TPSA) is 20.3 Å². The molecular formula is C16H11F4NO. The first-order valence-corrected chi connectivity index (χ1v) is 6.56. The van der Waals surface area contributed by atoms with Gasteiger partial charge in [0.15, 0.2) is 0 Å². The van der Waals surface area contributed by atoms with Gasteiger partial charge in [0.2, 0.25) is 0 Å². The quantitative estimate of drug-likeness (QED) is 0.605. The third-order valence-electron chi connectivity index (χ3n) is 3.73. The smallest absolute Gasteiger partial charge is 0.298 e. The van der Waals surface area contributed by atoms with Crippen LogP contribution < -0.4 is 4.90 Å². The average molecular weight is 309 g/mol. The van der Waals surface area contributed by atoms with E-state index in [2.05, 4.69) is 0 Å². The van der Waals surface area contributed by atoms with Gasteiger partial charge in [0.05, 0.1) is 0 Å². The number of β-lactam (4-membered cyclic amide) rings is 1. The lowest BCUT2D eigenvalue weighted by Crippen LogP contribution is -2.72. The molecule has 0 saturated carbocycles. The van der Waals surface area contributed by atoms with Crippen LogP contribution in [0.1, 0.15) is 11.6 Å². The zero-order valence-electron chi connectivity index (χ0n) is 11.2. The third-order valence-corrected chi connectivity index (χ3v) is 3.73. The first kappa shape index (κ1) is 14.6. The van der Waals surface area contributed by atoms with Gasteiger partial charge in [-0.1, -0.05) is 48.5 Å². The fourth-order valence-electron chi connectivity index (χ4n) is 2.67. The molecule has 1 aliphatic rings. The number of carbonyl (C=O) groups excluding carboxylic acids is 1. The molecule has 1 heterocycles. The van der Waals surface area contributed by atoms with E-state index in [9.17, 15) is 22.4 Å². The van der Waals surface area contributed by atoms with Crippen molar-refractivity contribution in [2.75, 3.05) is 4.90 Å². The molecule has 2 atom stereocenters. The highest BCUT2D eigenvalue weighted by molar-refractivity contribution is 6.09. The highest BCUT2D eigenvalue weighted by Gasteiger charge is 2.77. The lowest BCUT2D eigenvalue weighted by Gasteiger charge is -2.51. The van der Waals surface area contributed by atoms with E-state index >= 15 is 0 Å². The van der Waals surface area contributed by atoms with Crippen molar-refractivity contribution < 1.29 is 22.4 Å². The van der Waals surface area contributed by atoms with Crippen LogP contribution in [0.25, 0.3) is 0 Å². The summed E-state index contributed by atoms with van der Waals surface area (Å²) in [4.78, 5) is 12.8. The van der Waals surface area contributed by atoms with Crippen molar-refractivity contribution in [3.8, 4) is 0 Å². The second kappa shape index (κ2) is 4.83. The number of carbonyl (C=O) groups is 1. The van der Waals surface area contributed by atoms with Crippen molar-refractivity contribution in [1.82, 2.24) is 0 Å². The highest BCUT2D eigenvalue weighted by Crippen LogP contribution is 2.56. The number of amides is 1. The predicted molar refractivity (Wildman–Crippen MR) is 73.0 cm³/mol. The number of hydrogen-bond acceptors (Lipinski definition) is 1. The summed E-state index contributed by atoms with van der Waals surface area (Å²) in [5, 5.41) is 0. The molecule has 2 nitrogen and oxygen atoms in total. The average Bonchev–Trinajstić information content (AvgIpc) is 2.51. The fourth-order valence-corrected chi connectivity index (χ4v) is 2.67. The van der Waals surface area contributed by atoms with E-state index < -0.39 is 23.8 Å². The Morgan fingerprint density at radius 1 is 0.909 bits per heavy atom. The van der Waals surface area contributed by atoms with E-state index in [1.807, 2.05) is 0 Å². The Kier molecular flexibility index (Phi) is 3.20. The second-order valence-corrected chi connectivity index (χ2v) is 5.03. The zero-order chi connectivity index (χ0) is 16.0. The van der Waals surface area contributed by atoms with Gasteiger partial charge in [-0.2, -0.15) is 13.2 Å². The maximum atomic E-state index is 14.6. The van der Waals surface area contributed by atoms with Crippen molar-refractivity contribution >= 4 is 11.6 Å². The molecular weight excluding hydrogens is 298 g/mol. The Morgan fingerprint density at radius 3 is 1.91 bits per heavy atom. The number of anilines is 1. The Hall–Kier alpha value is -2.37. The number of nitrogens with zero attached hydrogens (tertiary/aromatic N) is 1. The summed E-state index contributed by atoms with van der Waals surface area (Å²) in [6.07, 6.45) is -5.27. The molecule has 2 aromatic rings. The molecule has 1 fully saturated rings. The second-order valence-electron chi connectivity index (χ2n) is 5.03. The van der Waals surface area contributed by atoms with Gasteiger partial charge < -0.3 is 0 Å². The zero-order valence-corrected chi connectivity index (χ0v) is 11.2. The predicted octanol–water partition coefficient (Wildman–Crippen LogP) is 4.05. The van der Waals surface area contributed by atoms with E-state index in [0.717, 1.165) is 4.90 Å². The van der Waals surface area contributed by atoms with E-state index in [1.54, 1.807) is 24.3 Å². The monoisotopic (exact) mass is 309 g/mol. The van der Waals surface area contributed by atoms with Crippen LogP contribution in [-0.2, 0) is 4.79 Å². The SMILES string of the molecule is O=C1N(c2ccccc2)C(c2ccccc2)C1(F)C(F)(F)F. The summed E-state index contributed by atoms with van der Waals surface area (Å²) in [5.41, 5.74) is -3.56. The minimum Gasteiger partial charge on any atom is -0.298 e. The number of benzene rings is 2. The molecule has 22 heavy (non-hydrogen) atoms. The molecule has 2 unspecified atom stereocenters. The number of rotatable bonds is 2. The Balaban J connectivity index is 2.11. The fraction of sp³-hybridized carbons (Fsp3) is 0.188. The van der Waals surface area contributed by atoms with Crippen LogP contribution >= 0.6 is 0 Å². The summed E-state index contributed by atoms with van der Waals surface area (Å²) in [6, 6.07) is 13.5. The molecule has 0 radical (unpaired) electrons. The van der Waals surface area contributed by atoms with Crippen LogP contribution in [0.5, 0.6) is 0 Å². The normalized spacial score (nSPS) is 25.0. The van der Waals surface area contributed by atoms with Crippen LogP contribution in [0.4, 0.5) is 23.2 Å². The largest absolute Gasteiger partial charge is 0.434 e. The molecule has 0 N–H and O–H groups in total. The molecule has 0 aliphatic carbocycles. The van der Waals surface area contributed by atoms with Crippen molar-refractivity contribution in [2.24, 2.45) is 0 Å². The Morgan fingerprint density at radius 2 is 1.41 bits per heavy atom. The van der Waals surface area contributed by atoms with E-state index in [-0.39, 0.29) is 11.3 Å². The van der Waals surface area contributed by atoms with Gasteiger partial charge in [-0.25, -0.2) is 4.39 Å². The van der Waals surface area contributed by atoms with Gasteiger partial charge in [-0.3, -0.25) is 9.69 Å². The summed E-state index contributed by atoms with van der Waals surface area (Å²) >= 11 is 0. The van der Waals surface area contributed by atoms with Gasteiger partial charge in [-0.05, 0) is 17.7 Å². The van der Waals surface area contributed by atoms with Crippen molar-refractivity contribution in [1.29, 1.82) is 0 Å². The van der Waals surface area contributed by atoms with Gasteiger partial charge in [0, 0.05) is 5.69 Å². The number of halogens is 4. The molecule has 1 amide bonds. The van der Waals surface area contributed by atoms with Crippen LogP contribution in [0, 0.1) is 0 Å². The maximum Gasteiger partial charge on any atom is 0.434 e. The molecule has 114 valence electrons. The molecule has 6 heteroatoms. The van der Waals surface area contributed by atoms with Gasteiger partial charge in [-0.15, -0.1) is 0 Å². The standard InChI is InChI=1S/C16H11F4NO/c17-15(16(18,19)20)13(11-7-3-1-4-8-11)21(14(15)22)12-9-5-2-6-10-12/h1-10,13H. The van der Waals surface area contributed by atoms with Crippen LogP contribution in [0.2, 0.25) is 0 Å². The minimum absolute atomic E-state index is 0.103. The number of alkyl halides is 4. The summed E-state index contributed by atoms with van der Waals surface area (Å²) in [6.45, 7) is 0. The highest BCUT2D eigenvalue weighted by atomic mass is 19.4. The lowest BCUT2D eigenvalue weighted by atomic mass is 9.78. The molecule has 1 saturated heterocycles. The molecule has 3 rings (SSSR count). The van der Waals surface area contributed by atoms with E-state index in [0.29, 0.717) is 0 Å². The first-order valence-electron chi connectivity index (χ1n) is 6.56. The number of para-hydroxylation sites is 1. The Bertz CT molecular complexity index is 686. The number of hydrogen-bond donors (Lipinski definition) is 0.